The van der Waals surface area contributed by atoms with Gasteiger partial charge in [-0.2, -0.15) is 0 Å². The van der Waals surface area contributed by atoms with E-state index < -0.39 is 36.4 Å². The summed E-state index contributed by atoms with van der Waals surface area (Å²) in [6.45, 7) is -0.193. The normalized spacial score (nSPS) is 12.6. The number of aliphatic carboxylic acids is 1. The van der Waals surface area contributed by atoms with E-state index in [1.165, 1.54) is 24.3 Å². The van der Waals surface area contributed by atoms with E-state index in [1.807, 2.05) is 0 Å². The fourth-order valence-corrected chi connectivity index (χ4v) is 3.12. The van der Waals surface area contributed by atoms with Gasteiger partial charge >= 0.3 is 5.97 Å². The Bertz CT molecular complexity index is 945. The van der Waals surface area contributed by atoms with E-state index in [-0.39, 0.29) is 33.7 Å². The van der Waals surface area contributed by atoms with Gasteiger partial charge in [-0.15, -0.1) is 0 Å². The molecule has 2 aromatic rings. The molecule has 2 aromatic carbocycles. The van der Waals surface area contributed by atoms with Gasteiger partial charge in [-0.3, -0.25) is 9.59 Å². The molecule has 0 fully saturated rings. The summed E-state index contributed by atoms with van der Waals surface area (Å²) >= 11 is 12.2. The van der Waals surface area contributed by atoms with Gasteiger partial charge in [0.15, 0.2) is 0 Å². The topological polar surface area (TPSA) is 159 Å². The second kappa shape index (κ2) is 10.1. The highest BCUT2D eigenvalue weighted by Crippen LogP contribution is 2.31. The van der Waals surface area contributed by atoms with Crippen molar-refractivity contribution in [3.05, 3.63) is 57.6 Å². The van der Waals surface area contributed by atoms with Gasteiger partial charge in [-0.25, -0.2) is 4.79 Å². The molecule has 0 spiro atoms. The van der Waals surface area contributed by atoms with Gasteiger partial charge in [0, 0.05) is 0 Å². The minimum absolute atomic E-state index is 0.0102. The predicted octanol–water partition coefficient (Wildman–Crippen LogP) is 1.87. The van der Waals surface area contributed by atoms with Gasteiger partial charge in [0.1, 0.15) is 30.3 Å². The number of carbonyl (C=O) groups is 3. The van der Waals surface area contributed by atoms with E-state index in [4.69, 9.17) is 38.8 Å². The fraction of sp³-hybridized carbons (Fsp3) is 0.211. The second-order valence-corrected chi connectivity index (χ2v) is 7.03. The Balaban J connectivity index is 2.11. The molecular weight excluding hydrogens is 439 g/mol. The van der Waals surface area contributed by atoms with Crippen LogP contribution in [0.3, 0.4) is 0 Å². The summed E-state index contributed by atoms with van der Waals surface area (Å²) in [5.74, 6) is -3.13. The Kier molecular flexibility index (Phi) is 7.87. The van der Waals surface area contributed by atoms with E-state index in [2.05, 4.69) is 5.32 Å². The summed E-state index contributed by atoms with van der Waals surface area (Å²) in [5.41, 5.74) is 5.19. The van der Waals surface area contributed by atoms with Crippen molar-refractivity contribution in [1.82, 2.24) is 5.32 Å². The number of aromatic hydroxyl groups is 1. The molecule has 160 valence electrons. The Labute approximate surface area is 181 Å². The van der Waals surface area contributed by atoms with Gasteiger partial charge in [-0.05, 0) is 29.8 Å². The molecule has 2 rings (SSSR count). The Hall–Kier alpha value is -3.01. The molecule has 2 unspecified atom stereocenters. The van der Waals surface area contributed by atoms with Crippen molar-refractivity contribution in [2.45, 2.75) is 18.6 Å². The first-order chi connectivity index (χ1) is 14.1. The van der Waals surface area contributed by atoms with Crippen LogP contribution in [0.15, 0.2) is 36.4 Å². The van der Waals surface area contributed by atoms with Gasteiger partial charge in [0.2, 0.25) is 5.91 Å². The number of carbonyl (C=O) groups excluding carboxylic acids is 2. The number of hydrogen-bond acceptors (Lipinski definition) is 6. The summed E-state index contributed by atoms with van der Waals surface area (Å²) in [5, 5.41) is 30.6. The fourth-order valence-electron chi connectivity index (χ4n) is 2.49. The zero-order valence-electron chi connectivity index (χ0n) is 15.3. The SMILES string of the molecule is NC(=O)CC(NC(=O)c1c(Cl)cc(OCC(O)c2cccc(O)c2)cc1Cl)C(=O)O. The third-order valence-electron chi connectivity index (χ3n) is 3.91. The first kappa shape index (κ1) is 23.3. The third-order valence-corrected chi connectivity index (χ3v) is 4.51. The van der Waals surface area contributed by atoms with E-state index >= 15 is 0 Å². The number of ether oxygens (including phenoxy) is 1. The lowest BCUT2D eigenvalue weighted by Gasteiger charge is -2.16. The molecule has 11 heteroatoms. The van der Waals surface area contributed by atoms with Crippen LogP contribution in [-0.4, -0.2) is 45.8 Å². The van der Waals surface area contributed by atoms with Crippen molar-refractivity contribution in [2.75, 3.05) is 6.61 Å². The van der Waals surface area contributed by atoms with Crippen LogP contribution in [0.4, 0.5) is 0 Å². The zero-order chi connectivity index (χ0) is 22.4. The van der Waals surface area contributed by atoms with Crippen molar-refractivity contribution >= 4 is 41.0 Å². The second-order valence-electron chi connectivity index (χ2n) is 6.22. The number of carboxylic acids is 1. The lowest BCUT2D eigenvalue weighted by atomic mass is 10.1. The van der Waals surface area contributed by atoms with E-state index in [0.29, 0.717) is 5.56 Å². The van der Waals surface area contributed by atoms with Crippen LogP contribution in [0, 0.1) is 0 Å². The standard InChI is InChI=1S/C19H18Cl2N2O7/c20-12-5-11(30-8-15(25)9-2-1-3-10(24)4-9)6-13(21)17(12)18(27)23-14(19(28)29)7-16(22)26/h1-6,14-15,24-25H,7-8H2,(H2,22,26)(H,23,27)(H,28,29). The maximum Gasteiger partial charge on any atom is 0.326 e. The number of benzene rings is 2. The summed E-state index contributed by atoms with van der Waals surface area (Å²) in [4.78, 5) is 34.5. The average molecular weight is 457 g/mol. The number of nitrogens with two attached hydrogens (primary N) is 1. The van der Waals surface area contributed by atoms with Crippen LogP contribution in [0.5, 0.6) is 11.5 Å². The number of halogens is 2. The molecule has 30 heavy (non-hydrogen) atoms. The molecule has 0 heterocycles. The number of phenols is 1. The van der Waals surface area contributed by atoms with Crippen LogP contribution in [0.1, 0.15) is 28.4 Å². The highest BCUT2D eigenvalue weighted by atomic mass is 35.5. The van der Waals surface area contributed by atoms with Crippen LogP contribution in [-0.2, 0) is 9.59 Å². The molecule has 0 radical (unpaired) electrons. The molecule has 0 saturated carbocycles. The van der Waals surface area contributed by atoms with Gasteiger partial charge in [0.05, 0.1) is 22.0 Å². The molecule has 2 atom stereocenters. The minimum Gasteiger partial charge on any atom is -0.508 e. The minimum atomic E-state index is -1.55. The summed E-state index contributed by atoms with van der Waals surface area (Å²) in [6.07, 6.45) is -1.66. The molecule has 0 aromatic heterocycles. The van der Waals surface area contributed by atoms with Crippen molar-refractivity contribution in [1.29, 1.82) is 0 Å². The van der Waals surface area contributed by atoms with Crippen LogP contribution in [0.2, 0.25) is 10.0 Å². The highest BCUT2D eigenvalue weighted by Gasteiger charge is 2.25. The molecule has 2 amide bonds. The van der Waals surface area contributed by atoms with Crippen LogP contribution in [0.25, 0.3) is 0 Å². The number of rotatable bonds is 9. The van der Waals surface area contributed by atoms with Crippen LogP contribution >= 0.6 is 23.2 Å². The number of primary amides is 1. The van der Waals surface area contributed by atoms with E-state index in [1.54, 1.807) is 12.1 Å². The molecule has 0 aliphatic heterocycles. The summed E-state index contributed by atoms with van der Waals surface area (Å²) in [7, 11) is 0. The van der Waals surface area contributed by atoms with Crippen molar-refractivity contribution < 1.29 is 34.4 Å². The molecule has 9 nitrogen and oxygen atoms in total. The van der Waals surface area contributed by atoms with Gasteiger partial charge in [0.25, 0.3) is 5.91 Å². The number of aliphatic hydroxyl groups is 1. The third kappa shape index (κ3) is 6.24. The number of aliphatic hydroxyl groups excluding tert-OH is 1. The maximum absolute atomic E-state index is 12.4. The molecule has 0 bridgehead atoms. The molecule has 0 aliphatic rings. The summed E-state index contributed by atoms with van der Waals surface area (Å²) < 4.78 is 5.44. The monoisotopic (exact) mass is 456 g/mol. The van der Waals surface area contributed by atoms with Crippen molar-refractivity contribution in [3.63, 3.8) is 0 Å². The number of nitrogens with one attached hydrogen (secondary N) is 1. The Morgan fingerprint density at radius 3 is 2.30 bits per heavy atom. The zero-order valence-corrected chi connectivity index (χ0v) is 16.9. The molecule has 0 aliphatic carbocycles. The predicted molar refractivity (Wildman–Crippen MR) is 108 cm³/mol. The first-order valence-electron chi connectivity index (χ1n) is 8.49. The molecule has 6 N–H and O–H groups in total. The van der Waals surface area contributed by atoms with Crippen LogP contribution < -0.4 is 15.8 Å². The number of amides is 2. The Morgan fingerprint density at radius 1 is 1.13 bits per heavy atom. The smallest absolute Gasteiger partial charge is 0.326 e. The largest absolute Gasteiger partial charge is 0.508 e. The number of phenolic OH excluding ortho intramolecular Hbond substituents is 1. The van der Waals surface area contributed by atoms with E-state index in [9.17, 15) is 24.6 Å². The molecular formula is C19H18Cl2N2O7. The summed E-state index contributed by atoms with van der Waals surface area (Å²) in [6, 6.07) is 6.99. The lowest BCUT2D eigenvalue weighted by molar-refractivity contribution is -0.140. The lowest BCUT2D eigenvalue weighted by Crippen LogP contribution is -2.43. The van der Waals surface area contributed by atoms with Gasteiger partial charge < -0.3 is 31.1 Å². The average Bonchev–Trinajstić information content (AvgIpc) is 2.64. The highest BCUT2D eigenvalue weighted by molar-refractivity contribution is 6.40. The van der Waals surface area contributed by atoms with Crippen molar-refractivity contribution in [3.8, 4) is 11.5 Å². The number of hydrogen-bond donors (Lipinski definition) is 5. The Morgan fingerprint density at radius 2 is 1.77 bits per heavy atom. The first-order valence-corrected chi connectivity index (χ1v) is 9.25. The number of carboxylic acid groups (broad SMARTS) is 1. The quantitative estimate of drug-likeness (QED) is 0.384. The maximum atomic E-state index is 12.4. The molecule has 0 saturated heterocycles. The van der Waals surface area contributed by atoms with Gasteiger partial charge in [-0.1, -0.05) is 35.3 Å². The van der Waals surface area contributed by atoms with Crippen molar-refractivity contribution in [2.24, 2.45) is 5.73 Å². The van der Waals surface area contributed by atoms with E-state index in [0.717, 1.165) is 0 Å².